The van der Waals surface area contributed by atoms with Crippen LogP contribution in [0.1, 0.15) is 7.43 Å². The predicted octanol–water partition coefficient (Wildman–Crippen LogP) is 0.451. The zero-order valence-electron chi connectivity index (χ0n) is 3.50. The normalized spacial score (nSPS) is 7.57. The molecule has 0 aromatic carbocycles. The fourth-order valence-corrected chi connectivity index (χ4v) is 0.282. The molecule has 0 radical (unpaired) electrons. The molecule has 0 saturated heterocycles. The summed E-state index contributed by atoms with van der Waals surface area (Å²) in [6.45, 7) is 0. The molecule has 7 heavy (non-hydrogen) atoms. The molecule has 1 rings (SSSR count). The first-order chi connectivity index (χ1) is 2.89. The van der Waals surface area contributed by atoms with E-state index in [-0.39, 0.29) is 7.43 Å². The Kier molecular flexibility index (Phi) is 2.05. The van der Waals surface area contributed by atoms with E-state index < -0.39 is 0 Å². The fourth-order valence-electron chi connectivity index (χ4n) is 0.282. The van der Waals surface area contributed by atoms with Crippen LogP contribution < -0.4 is 0 Å². The van der Waals surface area contributed by atoms with Crippen LogP contribution in [0.15, 0.2) is 12.4 Å². The summed E-state index contributed by atoms with van der Waals surface area (Å²) in [4.78, 5) is 1.50. The van der Waals surface area contributed by atoms with Crippen molar-refractivity contribution < 1.29 is 0 Å². The van der Waals surface area contributed by atoms with Crippen molar-refractivity contribution in [3.8, 4) is 0 Å². The first-order valence-electron chi connectivity index (χ1n) is 1.70. The van der Waals surface area contributed by atoms with E-state index in [0.29, 0.717) is 0 Å². The van der Waals surface area contributed by atoms with Crippen LogP contribution in [0.3, 0.4) is 0 Å². The summed E-state index contributed by atoms with van der Waals surface area (Å²) in [6, 6.07) is 0. The molecule has 0 amide bonds. The van der Waals surface area contributed by atoms with Crippen molar-refractivity contribution in [2.75, 3.05) is 0 Å². The molecule has 0 aliphatic heterocycles. The van der Waals surface area contributed by atoms with Crippen LogP contribution in [0.2, 0.25) is 0 Å². The van der Waals surface area contributed by atoms with Crippen molar-refractivity contribution >= 4 is 0 Å². The first-order valence-corrected chi connectivity index (χ1v) is 1.70. The maximum atomic E-state index is 3.72. The summed E-state index contributed by atoms with van der Waals surface area (Å²) in [6.07, 6.45) is 3.28. The van der Waals surface area contributed by atoms with E-state index in [0.717, 1.165) is 0 Å². The lowest BCUT2D eigenvalue weighted by molar-refractivity contribution is 0.654. The van der Waals surface area contributed by atoms with Crippen LogP contribution in [-0.4, -0.2) is 15.0 Å². The molecule has 40 valence electrons. The molecule has 0 atom stereocenters. The van der Waals surface area contributed by atoms with E-state index in [9.17, 15) is 0 Å². The van der Waals surface area contributed by atoms with Gasteiger partial charge in [-0.3, -0.25) is 0 Å². The fraction of sp³-hybridized carbons (Fsp3) is 0.500. The van der Waals surface area contributed by atoms with Crippen molar-refractivity contribution in [2.45, 2.75) is 7.43 Å². The quantitative estimate of drug-likeness (QED) is 0.473. The van der Waals surface area contributed by atoms with Gasteiger partial charge in [0, 0.05) is 7.05 Å². The summed E-state index contributed by atoms with van der Waals surface area (Å²) in [5.74, 6) is 0. The van der Waals surface area contributed by atoms with Gasteiger partial charge < -0.3 is 0 Å². The zero-order valence-corrected chi connectivity index (χ0v) is 3.50. The smallest absolute Gasteiger partial charge is 0.0692 e. The predicted molar refractivity (Wildman–Crippen MR) is 27.7 cm³/mol. The van der Waals surface area contributed by atoms with Gasteiger partial charge in [0.25, 0.3) is 0 Å². The second-order valence-electron chi connectivity index (χ2n) is 1.02. The van der Waals surface area contributed by atoms with Crippen LogP contribution in [0.25, 0.3) is 0 Å². The standard InChI is InChI=1S/C3H5N3.CH4/c1-6-4-2-3-5-6;/h2-3H,1H3;1H4. The number of hydrogen-bond acceptors (Lipinski definition) is 2. The lowest BCUT2D eigenvalue weighted by Gasteiger charge is -1.75. The molecule has 3 heteroatoms. The third-order valence-corrected chi connectivity index (χ3v) is 0.534. The van der Waals surface area contributed by atoms with Crippen LogP contribution in [0.5, 0.6) is 0 Å². The largest absolute Gasteiger partial charge is 0.188 e. The summed E-state index contributed by atoms with van der Waals surface area (Å²) in [5.41, 5.74) is 0. The Bertz CT molecular complexity index is 110. The van der Waals surface area contributed by atoms with E-state index in [1.807, 2.05) is 0 Å². The average molecular weight is 99.1 g/mol. The maximum absolute atomic E-state index is 3.72. The minimum absolute atomic E-state index is 0. The van der Waals surface area contributed by atoms with Crippen LogP contribution in [0, 0.1) is 0 Å². The van der Waals surface area contributed by atoms with Gasteiger partial charge in [0.05, 0.1) is 12.4 Å². The van der Waals surface area contributed by atoms with Gasteiger partial charge in [-0.25, -0.2) is 0 Å². The molecule has 0 fully saturated rings. The van der Waals surface area contributed by atoms with Crippen molar-refractivity contribution in [1.29, 1.82) is 0 Å². The molecule has 1 heterocycles. The SMILES string of the molecule is C.Cn1nccn1. The second kappa shape index (κ2) is 2.34. The van der Waals surface area contributed by atoms with Gasteiger partial charge in [-0.15, -0.1) is 0 Å². The highest BCUT2D eigenvalue weighted by Crippen LogP contribution is 1.64. The first kappa shape index (κ1) is 6.14. The molecule has 0 aliphatic carbocycles. The van der Waals surface area contributed by atoms with E-state index in [4.69, 9.17) is 0 Å². The van der Waals surface area contributed by atoms with Gasteiger partial charge >= 0.3 is 0 Å². The number of aryl methyl sites for hydroxylation is 1. The van der Waals surface area contributed by atoms with Crippen molar-refractivity contribution in [3.63, 3.8) is 0 Å². The van der Waals surface area contributed by atoms with Crippen molar-refractivity contribution in [3.05, 3.63) is 12.4 Å². The number of hydrogen-bond donors (Lipinski definition) is 0. The zero-order chi connectivity index (χ0) is 4.41. The summed E-state index contributed by atoms with van der Waals surface area (Å²) >= 11 is 0. The lowest BCUT2D eigenvalue weighted by atomic mass is 11.0. The van der Waals surface area contributed by atoms with Crippen molar-refractivity contribution in [2.24, 2.45) is 7.05 Å². The molecular formula is C4H9N3. The lowest BCUT2D eigenvalue weighted by Crippen LogP contribution is -1.89. The van der Waals surface area contributed by atoms with Crippen molar-refractivity contribution in [1.82, 2.24) is 15.0 Å². The van der Waals surface area contributed by atoms with Crippen LogP contribution >= 0.6 is 0 Å². The minimum Gasteiger partial charge on any atom is -0.188 e. The molecule has 0 saturated carbocycles. The highest BCUT2D eigenvalue weighted by molar-refractivity contribution is 4.57. The summed E-state index contributed by atoms with van der Waals surface area (Å²) in [7, 11) is 1.78. The van der Waals surface area contributed by atoms with Crippen LogP contribution in [0.4, 0.5) is 0 Å². The Morgan fingerprint density at radius 1 is 1.29 bits per heavy atom. The topological polar surface area (TPSA) is 30.7 Å². The monoisotopic (exact) mass is 99.1 g/mol. The summed E-state index contributed by atoms with van der Waals surface area (Å²) in [5, 5.41) is 7.44. The minimum atomic E-state index is 0. The van der Waals surface area contributed by atoms with Gasteiger partial charge in [0.15, 0.2) is 0 Å². The highest BCUT2D eigenvalue weighted by atomic mass is 15.4. The third kappa shape index (κ3) is 1.34. The number of rotatable bonds is 0. The Labute approximate surface area is 43.0 Å². The molecule has 0 bridgehead atoms. The summed E-state index contributed by atoms with van der Waals surface area (Å²) < 4.78 is 0. The molecule has 1 aromatic rings. The average Bonchev–Trinajstić information content (AvgIpc) is 1.86. The second-order valence-corrected chi connectivity index (χ2v) is 1.02. The molecule has 0 unspecified atom stereocenters. The maximum Gasteiger partial charge on any atom is 0.0692 e. The number of nitrogens with zero attached hydrogens (tertiary/aromatic N) is 3. The molecular weight excluding hydrogens is 90.1 g/mol. The Balaban J connectivity index is 0.000000360. The van der Waals surface area contributed by atoms with Gasteiger partial charge in [-0.1, -0.05) is 7.43 Å². The Morgan fingerprint density at radius 3 is 1.86 bits per heavy atom. The van der Waals surface area contributed by atoms with E-state index in [1.54, 1.807) is 19.4 Å². The molecule has 1 aromatic heterocycles. The Hall–Kier alpha value is -0.860. The Morgan fingerprint density at radius 2 is 1.71 bits per heavy atom. The van der Waals surface area contributed by atoms with Gasteiger partial charge in [0.2, 0.25) is 0 Å². The van der Waals surface area contributed by atoms with Crippen LogP contribution in [-0.2, 0) is 7.05 Å². The molecule has 3 nitrogen and oxygen atoms in total. The van der Waals surface area contributed by atoms with Gasteiger partial charge in [0.1, 0.15) is 0 Å². The highest BCUT2D eigenvalue weighted by Gasteiger charge is 1.70. The number of aromatic nitrogens is 3. The molecule has 0 N–H and O–H groups in total. The van der Waals surface area contributed by atoms with E-state index in [2.05, 4.69) is 10.2 Å². The molecule has 0 aliphatic rings. The van der Waals surface area contributed by atoms with Gasteiger partial charge in [-0.2, -0.15) is 15.0 Å². The molecule has 0 spiro atoms. The van der Waals surface area contributed by atoms with Gasteiger partial charge in [-0.05, 0) is 0 Å². The van der Waals surface area contributed by atoms with E-state index >= 15 is 0 Å². The third-order valence-electron chi connectivity index (χ3n) is 0.534. The van der Waals surface area contributed by atoms with E-state index in [1.165, 1.54) is 4.80 Å².